The highest BCUT2D eigenvalue weighted by atomic mass is 32.2. The zero-order chi connectivity index (χ0) is 15.2. The van der Waals surface area contributed by atoms with Crippen LogP contribution in [-0.2, 0) is 10.0 Å². The Morgan fingerprint density at radius 2 is 2.14 bits per heavy atom. The van der Waals surface area contributed by atoms with Gasteiger partial charge in [0.25, 0.3) is 10.0 Å². The number of aromatic nitrogens is 3. The maximum atomic E-state index is 12.5. The number of sulfonamides is 1. The first-order chi connectivity index (χ1) is 10.6. The molecule has 7 nitrogen and oxygen atoms in total. The number of nitrogens with one attached hydrogen (secondary N) is 1. The van der Waals surface area contributed by atoms with Crippen LogP contribution in [0, 0.1) is 0 Å². The van der Waals surface area contributed by atoms with Crippen LogP contribution in [0.4, 0.5) is 5.69 Å². The summed E-state index contributed by atoms with van der Waals surface area (Å²) in [6.45, 7) is 0. The van der Waals surface area contributed by atoms with Crippen LogP contribution in [0.2, 0.25) is 0 Å². The smallest absolute Gasteiger partial charge is 0.262 e. The molecule has 0 unspecified atom stereocenters. The van der Waals surface area contributed by atoms with Crippen molar-refractivity contribution < 1.29 is 12.8 Å². The van der Waals surface area contributed by atoms with Crippen LogP contribution in [0.1, 0.15) is 0 Å². The van der Waals surface area contributed by atoms with Gasteiger partial charge in [0.05, 0.1) is 17.4 Å². The average Bonchev–Trinajstić information content (AvgIpc) is 3.13. The zero-order valence-electron chi connectivity index (χ0n) is 11.2. The minimum absolute atomic E-state index is 0.150. The Bertz CT molecular complexity index is 1080. The zero-order valence-corrected chi connectivity index (χ0v) is 12.0. The third-order valence-electron chi connectivity index (χ3n) is 3.26. The number of anilines is 1. The molecule has 22 heavy (non-hydrogen) atoms. The van der Waals surface area contributed by atoms with Crippen LogP contribution in [0.25, 0.3) is 16.6 Å². The number of fused-ring (bicyclic) bond motifs is 2. The standard InChI is InChI=1S/C14H10N4O3S/c19-22(20,11-2-3-13-10(8-11)4-7-21-13)17-12-9-16-18-6-1-5-15-14(12)18/h1-9,17H. The second-order valence-electron chi connectivity index (χ2n) is 4.67. The monoisotopic (exact) mass is 314 g/mol. The van der Waals surface area contributed by atoms with Crippen molar-refractivity contribution in [2.75, 3.05) is 4.72 Å². The molecule has 0 aliphatic heterocycles. The third-order valence-corrected chi connectivity index (χ3v) is 4.62. The van der Waals surface area contributed by atoms with Crippen molar-refractivity contribution in [2.45, 2.75) is 4.90 Å². The summed E-state index contributed by atoms with van der Waals surface area (Å²) in [4.78, 5) is 4.27. The first kappa shape index (κ1) is 12.8. The quantitative estimate of drug-likeness (QED) is 0.626. The van der Waals surface area contributed by atoms with E-state index in [-0.39, 0.29) is 4.90 Å². The molecule has 0 spiro atoms. The molecule has 0 aliphatic carbocycles. The van der Waals surface area contributed by atoms with Crippen LogP contribution >= 0.6 is 0 Å². The summed E-state index contributed by atoms with van der Waals surface area (Å²) in [6.07, 6.45) is 6.21. The van der Waals surface area contributed by atoms with Crippen molar-refractivity contribution in [3.05, 3.63) is 55.2 Å². The summed E-state index contributed by atoms with van der Waals surface area (Å²) < 4.78 is 34.2. The SMILES string of the molecule is O=S(=O)(Nc1cnn2cccnc12)c1ccc2occc2c1. The molecule has 0 radical (unpaired) electrons. The molecule has 4 aromatic rings. The van der Waals surface area contributed by atoms with E-state index in [1.165, 1.54) is 23.0 Å². The van der Waals surface area contributed by atoms with Gasteiger partial charge in [0, 0.05) is 17.8 Å². The van der Waals surface area contributed by atoms with Gasteiger partial charge >= 0.3 is 0 Å². The van der Waals surface area contributed by atoms with E-state index in [2.05, 4.69) is 14.8 Å². The second-order valence-corrected chi connectivity index (χ2v) is 6.35. The van der Waals surface area contributed by atoms with Crippen molar-refractivity contribution in [1.82, 2.24) is 14.6 Å². The highest BCUT2D eigenvalue weighted by Gasteiger charge is 2.18. The first-order valence-corrected chi connectivity index (χ1v) is 7.90. The molecule has 3 aromatic heterocycles. The Labute approximate surface area is 125 Å². The summed E-state index contributed by atoms with van der Waals surface area (Å²) >= 11 is 0. The fourth-order valence-electron chi connectivity index (χ4n) is 2.21. The topological polar surface area (TPSA) is 89.5 Å². The van der Waals surface area contributed by atoms with Gasteiger partial charge in [-0.1, -0.05) is 0 Å². The summed E-state index contributed by atoms with van der Waals surface area (Å²) in [5.41, 5.74) is 1.40. The highest BCUT2D eigenvalue weighted by Crippen LogP contribution is 2.23. The number of benzene rings is 1. The Morgan fingerprint density at radius 1 is 1.23 bits per heavy atom. The van der Waals surface area contributed by atoms with Crippen LogP contribution in [-0.4, -0.2) is 23.0 Å². The van der Waals surface area contributed by atoms with Crippen molar-refractivity contribution in [1.29, 1.82) is 0 Å². The van der Waals surface area contributed by atoms with E-state index in [4.69, 9.17) is 4.42 Å². The van der Waals surface area contributed by atoms with Gasteiger partial charge in [-0.2, -0.15) is 5.10 Å². The minimum atomic E-state index is -3.73. The van der Waals surface area contributed by atoms with Gasteiger partial charge in [0.1, 0.15) is 11.3 Å². The molecule has 0 bridgehead atoms. The molecule has 0 saturated heterocycles. The number of hydrogen-bond donors (Lipinski definition) is 1. The van der Waals surface area contributed by atoms with Crippen LogP contribution in [0.15, 0.2) is 64.5 Å². The molecule has 0 saturated carbocycles. The van der Waals surface area contributed by atoms with Gasteiger partial charge in [-0.25, -0.2) is 17.9 Å². The lowest BCUT2D eigenvalue weighted by atomic mass is 10.3. The van der Waals surface area contributed by atoms with Gasteiger partial charge in [-0.05, 0) is 30.3 Å². The highest BCUT2D eigenvalue weighted by molar-refractivity contribution is 7.92. The first-order valence-electron chi connectivity index (χ1n) is 6.42. The molecule has 110 valence electrons. The number of nitrogens with zero attached hydrogens (tertiary/aromatic N) is 3. The van der Waals surface area contributed by atoms with E-state index in [9.17, 15) is 8.42 Å². The summed E-state index contributed by atoms with van der Waals surface area (Å²) in [5, 5.41) is 4.77. The van der Waals surface area contributed by atoms with Crippen molar-refractivity contribution in [3.63, 3.8) is 0 Å². The predicted octanol–water partition coefficient (Wildman–Crippen LogP) is 2.28. The largest absolute Gasteiger partial charge is 0.464 e. The minimum Gasteiger partial charge on any atom is -0.464 e. The van der Waals surface area contributed by atoms with E-state index in [1.54, 1.807) is 36.7 Å². The molecule has 3 heterocycles. The molecule has 1 aromatic carbocycles. The third kappa shape index (κ3) is 2.01. The van der Waals surface area contributed by atoms with E-state index >= 15 is 0 Å². The lowest BCUT2D eigenvalue weighted by Crippen LogP contribution is -2.12. The van der Waals surface area contributed by atoms with E-state index in [1.807, 2.05) is 0 Å². The van der Waals surface area contributed by atoms with Crippen molar-refractivity contribution in [2.24, 2.45) is 0 Å². The van der Waals surface area contributed by atoms with Crippen LogP contribution in [0.3, 0.4) is 0 Å². The molecule has 0 amide bonds. The number of hydrogen-bond acceptors (Lipinski definition) is 5. The Balaban J connectivity index is 1.77. The normalized spacial score (nSPS) is 12.0. The van der Waals surface area contributed by atoms with Gasteiger partial charge in [0.2, 0.25) is 0 Å². The molecule has 0 atom stereocenters. The maximum absolute atomic E-state index is 12.5. The van der Waals surface area contributed by atoms with E-state index in [0.29, 0.717) is 16.9 Å². The van der Waals surface area contributed by atoms with Gasteiger partial charge in [-0.3, -0.25) is 4.72 Å². The number of rotatable bonds is 3. The van der Waals surface area contributed by atoms with Gasteiger partial charge in [0.15, 0.2) is 5.65 Å². The molecule has 4 rings (SSSR count). The fraction of sp³-hybridized carbons (Fsp3) is 0. The van der Waals surface area contributed by atoms with Crippen molar-refractivity contribution >= 4 is 32.3 Å². The molecule has 8 heteroatoms. The number of furan rings is 1. The molecular formula is C14H10N4O3S. The summed E-state index contributed by atoms with van der Waals surface area (Å²) in [5.74, 6) is 0. The van der Waals surface area contributed by atoms with Gasteiger partial charge in [-0.15, -0.1) is 0 Å². The lowest BCUT2D eigenvalue weighted by Gasteiger charge is -2.06. The van der Waals surface area contributed by atoms with Gasteiger partial charge < -0.3 is 4.42 Å². The summed E-state index contributed by atoms with van der Waals surface area (Å²) in [7, 11) is -3.73. The van der Waals surface area contributed by atoms with Crippen LogP contribution in [0.5, 0.6) is 0 Å². The van der Waals surface area contributed by atoms with Crippen LogP contribution < -0.4 is 4.72 Å². The summed E-state index contributed by atoms with van der Waals surface area (Å²) in [6, 6.07) is 8.10. The predicted molar refractivity (Wildman–Crippen MR) is 80.0 cm³/mol. The lowest BCUT2D eigenvalue weighted by molar-refractivity contribution is 0.601. The van der Waals surface area contributed by atoms with E-state index in [0.717, 1.165) is 5.39 Å². The second kappa shape index (κ2) is 4.57. The molecular weight excluding hydrogens is 304 g/mol. The van der Waals surface area contributed by atoms with E-state index < -0.39 is 10.0 Å². The molecule has 0 aliphatic rings. The molecule has 1 N–H and O–H groups in total. The molecule has 0 fully saturated rings. The van der Waals surface area contributed by atoms with Crippen molar-refractivity contribution in [3.8, 4) is 0 Å². The Kier molecular flexibility index (Phi) is 2.67. The maximum Gasteiger partial charge on any atom is 0.262 e. The average molecular weight is 314 g/mol. The Morgan fingerprint density at radius 3 is 3.05 bits per heavy atom. The fourth-order valence-corrected chi connectivity index (χ4v) is 3.30. The Hall–Kier alpha value is -2.87.